The lowest BCUT2D eigenvalue weighted by Crippen LogP contribution is -2.61. The summed E-state index contributed by atoms with van der Waals surface area (Å²) in [7, 11) is 0. The number of aliphatic hydroxyl groups is 7. The minimum absolute atomic E-state index is 0.142. The Kier molecular flexibility index (Phi) is 33.4. The fourth-order valence-electron chi connectivity index (χ4n) is 7.19. The van der Waals surface area contributed by atoms with Crippen molar-refractivity contribution in [2.45, 2.75) is 216 Å². The van der Waals surface area contributed by atoms with Gasteiger partial charge in [0.05, 0.1) is 19.8 Å². The molecule has 15 nitrogen and oxygen atoms in total. The number of rotatable bonds is 36. The number of allylic oxidation sites excluding steroid dienone is 10. The molecule has 2 aliphatic rings. The van der Waals surface area contributed by atoms with Gasteiger partial charge >= 0.3 is 11.9 Å². The Morgan fingerprint density at radius 1 is 0.508 bits per heavy atom. The van der Waals surface area contributed by atoms with Crippen molar-refractivity contribution in [3.63, 3.8) is 0 Å². The summed E-state index contributed by atoms with van der Waals surface area (Å²) in [5, 5.41) is 72.0. The maximum absolute atomic E-state index is 13.0. The van der Waals surface area contributed by atoms with E-state index in [1.54, 1.807) is 0 Å². The minimum Gasteiger partial charge on any atom is -0.462 e. The molecule has 0 radical (unpaired) electrons. The molecule has 2 aliphatic heterocycles. The highest BCUT2D eigenvalue weighted by Crippen LogP contribution is 2.26. The van der Waals surface area contributed by atoms with E-state index in [2.05, 4.69) is 74.6 Å². The normalized spacial score (nSPS) is 26.9. The van der Waals surface area contributed by atoms with Crippen LogP contribution in [-0.4, -0.2) is 142 Å². The topological polar surface area (TPSA) is 231 Å². The van der Waals surface area contributed by atoms with E-state index in [0.29, 0.717) is 12.8 Å². The zero-order valence-corrected chi connectivity index (χ0v) is 39.2. The quantitative estimate of drug-likeness (QED) is 0.0214. The molecule has 7 N–H and O–H groups in total. The Balaban J connectivity index is 1.85. The van der Waals surface area contributed by atoms with E-state index < -0.39 is 99.3 Å². The molecule has 0 saturated carbocycles. The average molecular weight is 925 g/mol. The zero-order chi connectivity index (χ0) is 47.5. The predicted molar refractivity (Wildman–Crippen MR) is 247 cm³/mol. The van der Waals surface area contributed by atoms with Crippen LogP contribution in [0, 0.1) is 0 Å². The van der Waals surface area contributed by atoms with E-state index in [1.165, 1.54) is 12.8 Å². The molecule has 0 aliphatic carbocycles. The second-order valence-electron chi connectivity index (χ2n) is 16.9. The van der Waals surface area contributed by atoms with Crippen molar-refractivity contribution in [3.05, 3.63) is 60.8 Å². The summed E-state index contributed by atoms with van der Waals surface area (Å²) >= 11 is 0. The second-order valence-corrected chi connectivity index (χ2v) is 16.9. The molecule has 11 atom stereocenters. The molecule has 2 heterocycles. The first-order valence-corrected chi connectivity index (χ1v) is 24.4. The van der Waals surface area contributed by atoms with Gasteiger partial charge in [0.15, 0.2) is 18.7 Å². The average Bonchev–Trinajstić information content (AvgIpc) is 3.30. The Morgan fingerprint density at radius 3 is 1.52 bits per heavy atom. The van der Waals surface area contributed by atoms with E-state index >= 15 is 0 Å². The maximum atomic E-state index is 13.0. The number of aliphatic hydroxyl groups excluding tert-OH is 7. The molecule has 0 spiro atoms. The van der Waals surface area contributed by atoms with Crippen LogP contribution in [0.1, 0.15) is 149 Å². The molecule has 65 heavy (non-hydrogen) atoms. The molecular weight excluding hydrogens is 841 g/mol. The Labute approximate surface area is 388 Å². The smallest absolute Gasteiger partial charge is 0.306 e. The SMILES string of the molecule is CC/C=C/C/C=C/C/C=C/CCCCCCCC(=O)OC[C@H](CO[C@@H]1O[C@H](CO[C@@H]2O[C@H](CO)[C@H](O)C(O)C2O)[C@H](O)C(O)C1O)OC(=O)CCCCCCC/C=C/C/C=C/CCCC. The van der Waals surface area contributed by atoms with Crippen molar-refractivity contribution >= 4 is 11.9 Å². The summed E-state index contributed by atoms with van der Waals surface area (Å²) in [6.07, 6.45) is 23.9. The molecule has 0 bridgehead atoms. The highest BCUT2D eigenvalue weighted by molar-refractivity contribution is 5.70. The number of ether oxygens (including phenoxy) is 6. The fraction of sp³-hybridized carbons (Fsp3) is 0.760. The summed E-state index contributed by atoms with van der Waals surface area (Å²) in [5.74, 6) is -0.967. The van der Waals surface area contributed by atoms with Gasteiger partial charge in [-0.05, 0) is 70.6 Å². The van der Waals surface area contributed by atoms with Gasteiger partial charge in [-0.1, -0.05) is 126 Å². The van der Waals surface area contributed by atoms with Crippen LogP contribution in [0.25, 0.3) is 0 Å². The van der Waals surface area contributed by atoms with Gasteiger partial charge in [0.25, 0.3) is 0 Å². The molecule has 4 unspecified atom stereocenters. The third-order valence-electron chi connectivity index (χ3n) is 11.2. The monoisotopic (exact) mass is 925 g/mol. The van der Waals surface area contributed by atoms with Crippen molar-refractivity contribution in [2.24, 2.45) is 0 Å². The van der Waals surface area contributed by atoms with Gasteiger partial charge in [0.2, 0.25) is 0 Å². The Bertz CT molecular complexity index is 1370. The number of unbranched alkanes of at least 4 members (excludes halogenated alkanes) is 12. The van der Waals surface area contributed by atoms with Crippen molar-refractivity contribution in [3.8, 4) is 0 Å². The largest absolute Gasteiger partial charge is 0.462 e. The summed E-state index contributed by atoms with van der Waals surface area (Å²) in [5.41, 5.74) is 0. The number of hydrogen-bond donors (Lipinski definition) is 7. The number of esters is 2. The van der Waals surface area contributed by atoms with Crippen LogP contribution in [0.5, 0.6) is 0 Å². The van der Waals surface area contributed by atoms with E-state index in [0.717, 1.165) is 96.3 Å². The van der Waals surface area contributed by atoms with Gasteiger partial charge in [0, 0.05) is 12.8 Å². The van der Waals surface area contributed by atoms with Crippen LogP contribution < -0.4 is 0 Å². The van der Waals surface area contributed by atoms with E-state index in [-0.39, 0.29) is 19.4 Å². The lowest BCUT2D eigenvalue weighted by molar-refractivity contribution is -0.332. The van der Waals surface area contributed by atoms with Crippen molar-refractivity contribution in [2.75, 3.05) is 26.4 Å². The molecule has 2 rings (SSSR count). The van der Waals surface area contributed by atoms with Crippen LogP contribution in [0.3, 0.4) is 0 Å². The highest BCUT2D eigenvalue weighted by atomic mass is 16.7. The van der Waals surface area contributed by atoms with E-state index in [1.807, 2.05) is 0 Å². The molecular formula is C50H84O15. The van der Waals surface area contributed by atoms with Gasteiger partial charge in [-0.15, -0.1) is 0 Å². The lowest BCUT2D eigenvalue weighted by atomic mass is 9.98. The summed E-state index contributed by atoms with van der Waals surface area (Å²) in [6, 6.07) is 0. The molecule has 0 aromatic carbocycles. The fourth-order valence-corrected chi connectivity index (χ4v) is 7.19. The molecule has 2 saturated heterocycles. The van der Waals surface area contributed by atoms with Gasteiger partial charge in [-0.2, -0.15) is 0 Å². The zero-order valence-electron chi connectivity index (χ0n) is 39.2. The first-order valence-electron chi connectivity index (χ1n) is 24.4. The van der Waals surface area contributed by atoms with Crippen LogP contribution in [0.15, 0.2) is 60.8 Å². The lowest BCUT2D eigenvalue weighted by Gasteiger charge is -2.42. The summed E-state index contributed by atoms with van der Waals surface area (Å²) < 4.78 is 33.5. The molecule has 2 fully saturated rings. The molecule has 374 valence electrons. The maximum Gasteiger partial charge on any atom is 0.306 e. The van der Waals surface area contributed by atoms with Crippen molar-refractivity contribution in [1.29, 1.82) is 0 Å². The third kappa shape index (κ3) is 25.8. The van der Waals surface area contributed by atoms with Crippen LogP contribution >= 0.6 is 0 Å². The third-order valence-corrected chi connectivity index (χ3v) is 11.2. The molecule has 0 aromatic rings. The van der Waals surface area contributed by atoms with E-state index in [9.17, 15) is 45.3 Å². The van der Waals surface area contributed by atoms with Crippen LogP contribution in [-0.2, 0) is 38.0 Å². The number of carbonyl (C=O) groups excluding carboxylic acids is 2. The first-order chi connectivity index (χ1) is 31.5. The highest BCUT2D eigenvalue weighted by Gasteiger charge is 2.47. The van der Waals surface area contributed by atoms with Gasteiger partial charge in [0.1, 0.15) is 55.4 Å². The number of hydrogen-bond acceptors (Lipinski definition) is 15. The summed E-state index contributed by atoms with van der Waals surface area (Å²) in [6.45, 7) is 2.38. The van der Waals surface area contributed by atoms with Gasteiger partial charge in [-0.25, -0.2) is 0 Å². The number of carbonyl (C=O) groups is 2. The molecule has 0 aromatic heterocycles. The van der Waals surface area contributed by atoms with Crippen LogP contribution in [0.4, 0.5) is 0 Å². The van der Waals surface area contributed by atoms with Crippen molar-refractivity contribution < 1.29 is 73.8 Å². The Hall–Kier alpha value is -2.80. The predicted octanol–water partition coefficient (Wildman–Crippen LogP) is 6.10. The van der Waals surface area contributed by atoms with Crippen LogP contribution in [0.2, 0.25) is 0 Å². The summed E-state index contributed by atoms with van der Waals surface area (Å²) in [4.78, 5) is 25.7. The standard InChI is InChI=1S/C50H84O15/c1-3-5-7-9-11-13-15-17-19-21-22-24-26-28-30-32-41(52)60-35-38(63-42(53)33-31-29-27-25-23-20-18-16-14-12-10-8-6-4-2)36-61-49-48(59)46(57)44(55)40(65-49)37-62-50-47(58)45(56)43(54)39(34-51)64-50/h5,7,10-13,16-19,38-40,43-51,54-59H,3-4,6,8-9,14-15,20-37H2,1-2H3/b7-5+,12-10+,13-11+,18-16+,19-17+/t38-,39-,40-,43+,44+,45?,46?,47?,48?,49-,50-/m1/s1. The molecule has 0 amide bonds. The van der Waals surface area contributed by atoms with Gasteiger partial charge < -0.3 is 64.2 Å². The van der Waals surface area contributed by atoms with Crippen molar-refractivity contribution in [1.82, 2.24) is 0 Å². The van der Waals surface area contributed by atoms with Gasteiger partial charge in [-0.3, -0.25) is 9.59 Å². The first kappa shape index (κ1) is 58.3. The second kappa shape index (κ2) is 37.2. The Morgan fingerprint density at radius 2 is 0.969 bits per heavy atom. The molecule has 15 heteroatoms. The van der Waals surface area contributed by atoms with E-state index in [4.69, 9.17) is 28.4 Å². The minimum atomic E-state index is -1.77.